The van der Waals surface area contributed by atoms with Gasteiger partial charge in [0.1, 0.15) is 11.2 Å². The summed E-state index contributed by atoms with van der Waals surface area (Å²) in [5.41, 5.74) is -2.28. The fraction of sp³-hybridized carbons (Fsp3) is 0.590. The molecule has 0 saturated heterocycles. The summed E-state index contributed by atoms with van der Waals surface area (Å²) in [6.45, 7) is 25.5. The molecule has 15 nitrogen and oxygen atoms in total. The summed E-state index contributed by atoms with van der Waals surface area (Å²) in [7, 11) is 0. The maximum absolute atomic E-state index is 13.5. The van der Waals surface area contributed by atoms with Crippen LogP contribution in [-0.2, 0) is 71.6 Å². The van der Waals surface area contributed by atoms with E-state index in [0.29, 0.717) is 49.7 Å². The molecule has 0 N–H and O–H groups in total. The average molecular weight is 765 g/mol. The monoisotopic (exact) mass is 764 g/mol. The van der Waals surface area contributed by atoms with Gasteiger partial charge in [0, 0.05) is 24.0 Å². The first-order valence-corrected chi connectivity index (χ1v) is 17.5. The second-order valence-corrected chi connectivity index (χ2v) is 11.9. The molecule has 0 aromatic heterocycles. The number of ether oxygens (including phenoxy) is 5. The predicted octanol–water partition coefficient (Wildman–Crippen LogP) is 5.32. The Labute approximate surface area is 317 Å². The van der Waals surface area contributed by atoms with Crippen molar-refractivity contribution >= 4 is 47.9 Å². The molecule has 302 valence electrons. The van der Waals surface area contributed by atoms with Gasteiger partial charge in [0.2, 0.25) is 0 Å². The fourth-order valence-corrected chi connectivity index (χ4v) is 4.91. The van der Waals surface area contributed by atoms with E-state index in [0.717, 1.165) is 0 Å². The van der Waals surface area contributed by atoms with Gasteiger partial charge in [0.15, 0.2) is 5.41 Å². The lowest BCUT2D eigenvalue weighted by molar-refractivity contribution is -0.193. The molecule has 0 spiro atoms. The molecular weight excluding hydrogens is 708 g/mol. The molecule has 0 rings (SSSR count). The standard InChI is InChI=1S/C37H56O11.2CO2/c1-11-26(6)22-36(30(10)38,24-28(8)31(39)44-13-3)33(41)47-20-18-16-17-19-21-48-35(43)37(23-27(7)12-2,34(42)46-15-5)25-29(9)32(40)45-14-4;2*2-1-3/h6-9,11-25H2,1-5,10H3;;. The van der Waals surface area contributed by atoms with Crippen molar-refractivity contribution in [2.45, 2.75) is 106 Å². The predicted molar refractivity (Wildman–Crippen MR) is 191 cm³/mol. The van der Waals surface area contributed by atoms with Gasteiger partial charge >= 0.3 is 42.1 Å². The molecule has 0 aliphatic carbocycles. The van der Waals surface area contributed by atoms with Gasteiger partial charge in [0.25, 0.3) is 0 Å². The Morgan fingerprint density at radius 3 is 1.13 bits per heavy atom. The number of carbonyl (C=O) groups excluding carboxylic acids is 10. The number of hydrogen-bond donors (Lipinski definition) is 0. The smallest absolute Gasteiger partial charge is 0.373 e. The Balaban J connectivity index is -0.00000403. The van der Waals surface area contributed by atoms with E-state index in [4.69, 9.17) is 42.9 Å². The van der Waals surface area contributed by atoms with E-state index in [1.54, 1.807) is 20.8 Å². The van der Waals surface area contributed by atoms with Crippen LogP contribution in [0.1, 0.15) is 106 Å². The third-order valence-electron chi connectivity index (χ3n) is 7.89. The minimum atomic E-state index is -1.84. The molecule has 0 aromatic rings. The highest BCUT2D eigenvalue weighted by Crippen LogP contribution is 2.38. The van der Waals surface area contributed by atoms with Crippen molar-refractivity contribution in [1.29, 1.82) is 0 Å². The minimum absolute atomic E-state index is 0.00126. The van der Waals surface area contributed by atoms with Crippen molar-refractivity contribution in [2.75, 3.05) is 33.0 Å². The zero-order chi connectivity index (χ0) is 42.3. The first kappa shape index (κ1) is 53.1. The Morgan fingerprint density at radius 2 is 0.796 bits per heavy atom. The number of Topliss-reactive ketones (excluding diaryl/α,β-unsaturated/α-hetero) is 1. The van der Waals surface area contributed by atoms with Crippen LogP contribution in [0.5, 0.6) is 0 Å². The number of rotatable bonds is 26. The topological polar surface area (TPSA) is 217 Å². The van der Waals surface area contributed by atoms with Gasteiger partial charge in [-0.1, -0.05) is 51.3 Å². The minimum Gasteiger partial charge on any atom is -0.465 e. The van der Waals surface area contributed by atoms with Crippen molar-refractivity contribution in [1.82, 2.24) is 0 Å². The SMILES string of the molecule is C=C(CC)CC(CC(=C)C(=O)OCC)(C(C)=O)C(=O)OCCCCCCOC(=O)C(CC(=C)CC)(CC(=C)C(=O)OCC)C(=O)OCC.O=C=O.O=C=O. The average Bonchev–Trinajstić information content (AvgIpc) is 3.12. The van der Waals surface area contributed by atoms with Crippen molar-refractivity contribution in [3.05, 3.63) is 48.6 Å². The first-order valence-electron chi connectivity index (χ1n) is 17.5. The highest BCUT2D eigenvalue weighted by molar-refractivity contribution is 6.05. The molecule has 0 saturated carbocycles. The quantitative estimate of drug-likeness (QED) is 0.0272. The highest BCUT2D eigenvalue weighted by atomic mass is 16.6. The van der Waals surface area contributed by atoms with Crippen LogP contribution in [0.2, 0.25) is 0 Å². The third kappa shape index (κ3) is 19.5. The van der Waals surface area contributed by atoms with Crippen molar-refractivity contribution in [3.8, 4) is 0 Å². The molecule has 0 heterocycles. The lowest BCUT2D eigenvalue weighted by Crippen LogP contribution is -2.43. The molecule has 0 radical (unpaired) electrons. The number of esters is 5. The number of carbonyl (C=O) groups is 6. The molecular formula is C39H56O15. The van der Waals surface area contributed by atoms with Crippen LogP contribution >= 0.6 is 0 Å². The summed E-state index contributed by atoms with van der Waals surface area (Å²) >= 11 is 0. The molecule has 0 bridgehead atoms. The lowest BCUT2D eigenvalue weighted by Gasteiger charge is -2.30. The molecule has 0 aliphatic rings. The maximum Gasteiger partial charge on any atom is 0.373 e. The van der Waals surface area contributed by atoms with Gasteiger partial charge in [-0.2, -0.15) is 19.2 Å². The van der Waals surface area contributed by atoms with Gasteiger partial charge in [-0.15, -0.1) is 0 Å². The zero-order valence-electron chi connectivity index (χ0n) is 32.6. The second kappa shape index (κ2) is 30.2. The Morgan fingerprint density at radius 1 is 0.481 bits per heavy atom. The Bertz CT molecular complexity index is 1370. The van der Waals surface area contributed by atoms with Crippen LogP contribution in [0.25, 0.3) is 0 Å². The first-order chi connectivity index (χ1) is 25.4. The Hall–Kier alpha value is -5.26. The summed E-state index contributed by atoms with van der Waals surface area (Å²) in [5.74, 6) is -4.28. The fourth-order valence-electron chi connectivity index (χ4n) is 4.91. The number of unbranched alkanes of at least 4 members (excludes halogenated alkanes) is 3. The summed E-state index contributed by atoms with van der Waals surface area (Å²) < 4.78 is 26.3. The summed E-state index contributed by atoms with van der Waals surface area (Å²) in [6.07, 6.45) is 2.99. The van der Waals surface area contributed by atoms with E-state index >= 15 is 0 Å². The number of hydrogen-bond acceptors (Lipinski definition) is 15. The molecule has 54 heavy (non-hydrogen) atoms. The van der Waals surface area contributed by atoms with Gasteiger partial charge in [-0.3, -0.25) is 19.2 Å². The molecule has 0 aromatic carbocycles. The van der Waals surface area contributed by atoms with Crippen molar-refractivity contribution in [3.63, 3.8) is 0 Å². The van der Waals surface area contributed by atoms with E-state index in [2.05, 4.69) is 26.3 Å². The van der Waals surface area contributed by atoms with E-state index < -0.39 is 46.5 Å². The van der Waals surface area contributed by atoms with E-state index in [-0.39, 0.29) is 82.2 Å². The number of allylic oxidation sites excluding steroid dienone is 2. The molecule has 0 fully saturated rings. The molecule has 15 heteroatoms. The van der Waals surface area contributed by atoms with Gasteiger partial charge < -0.3 is 23.7 Å². The van der Waals surface area contributed by atoms with Gasteiger partial charge in [0.05, 0.1) is 33.0 Å². The Kier molecular flexibility index (Phi) is 29.7. The lowest BCUT2D eigenvalue weighted by atomic mass is 9.73. The van der Waals surface area contributed by atoms with E-state index in [9.17, 15) is 28.8 Å². The summed E-state index contributed by atoms with van der Waals surface area (Å²) in [4.78, 5) is 110. The van der Waals surface area contributed by atoms with Crippen LogP contribution in [0.3, 0.4) is 0 Å². The third-order valence-corrected chi connectivity index (χ3v) is 7.89. The van der Waals surface area contributed by atoms with Crippen LogP contribution in [0.4, 0.5) is 0 Å². The highest BCUT2D eigenvalue weighted by Gasteiger charge is 2.50. The van der Waals surface area contributed by atoms with Crippen molar-refractivity contribution in [2.24, 2.45) is 10.8 Å². The normalized spacial score (nSPS) is 12.0. The van der Waals surface area contributed by atoms with Gasteiger partial charge in [-0.25, -0.2) is 9.59 Å². The number of ketones is 1. The molecule has 2 atom stereocenters. The maximum atomic E-state index is 13.5. The van der Waals surface area contributed by atoms with Gasteiger partial charge in [-0.05, 0) is 79.1 Å². The molecule has 2 unspecified atom stereocenters. The van der Waals surface area contributed by atoms with Crippen LogP contribution in [0.15, 0.2) is 48.6 Å². The molecule has 0 amide bonds. The van der Waals surface area contributed by atoms with E-state index in [1.165, 1.54) is 6.92 Å². The summed E-state index contributed by atoms with van der Waals surface area (Å²) in [6, 6.07) is 0. The van der Waals surface area contributed by atoms with E-state index in [1.807, 2.05) is 13.8 Å². The largest absolute Gasteiger partial charge is 0.465 e. The second-order valence-electron chi connectivity index (χ2n) is 11.9. The zero-order valence-corrected chi connectivity index (χ0v) is 32.6. The van der Waals surface area contributed by atoms with Crippen molar-refractivity contribution < 1.29 is 71.6 Å². The summed E-state index contributed by atoms with van der Waals surface area (Å²) in [5, 5.41) is 0. The van der Waals surface area contributed by atoms with Crippen LogP contribution in [-0.4, -0.2) is 81.0 Å². The molecule has 0 aliphatic heterocycles. The van der Waals surface area contributed by atoms with Crippen LogP contribution in [0, 0.1) is 10.8 Å². The van der Waals surface area contributed by atoms with Crippen LogP contribution < -0.4 is 0 Å².